The Morgan fingerprint density at radius 3 is 2.65 bits per heavy atom. The van der Waals surface area contributed by atoms with Crippen LogP contribution in [0.1, 0.15) is 21.5 Å². The number of ether oxygens (including phenoxy) is 1. The number of nitro benzene ring substituents is 1. The van der Waals surface area contributed by atoms with E-state index in [1.54, 1.807) is 0 Å². The van der Waals surface area contributed by atoms with Gasteiger partial charge in [0.2, 0.25) is 0 Å². The molecular formula is C11H11NO5. The fourth-order valence-corrected chi connectivity index (χ4v) is 1.56. The highest BCUT2D eigenvalue weighted by Gasteiger charge is 2.18. The Balaban J connectivity index is 3.22. The quantitative estimate of drug-likeness (QED) is 0.342. The van der Waals surface area contributed by atoms with Gasteiger partial charge in [0.1, 0.15) is 0 Å². The summed E-state index contributed by atoms with van der Waals surface area (Å²) in [5, 5.41) is 10.7. The topological polar surface area (TPSA) is 86.5 Å². The molecule has 0 aliphatic rings. The van der Waals surface area contributed by atoms with Crippen molar-refractivity contribution in [3.63, 3.8) is 0 Å². The second-order valence-corrected chi connectivity index (χ2v) is 3.48. The van der Waals surface area contributed by atoms with E-state index >= 15 is 0 Å². The van der Waals surface area contributed by atoms with Crippen LogP contribution in [0.3, 0.4) is 0 Å². The maximum atomic E-state index is 11.1. The summed E-state index contributed by atoms with van der Waals surface area (Å²) < 4.78 is 4.48. The van der Waals surface area contributed by atoms with Crippen LogP contribution in [0.15, 0.2) is 12.1 Å². The molecule has 17 heavy (non-hydrogen) atoms. The van der Waals surface area contributed by atoms with Gasteiger partial charge < -0.3 is 4.74 Å². The number of methoxy groups -OCH3 is 1. The number of rotatable bonds is 4. The number of nitro groups is 1. The third kappa shape index (κ3) is 2.87. The van der Waals surface area contributed by atoms with E-state index in [2.05, 4.69) is 4.74 Å². The molecule has 0 saturated carbocycles. The van der Waals surface area contributed by atoms with Crippen LogP contribution < -0.4 is 0 Å². The van der Waals surface area contributed by atoms with Crippen molar-refractivity contribution in [1.82, 2.24) is 0 Å². The summed E-state index contributed by atoms with van der Waals surface area (Å²) in [5.41, 5.74) is 0.600. The van der Waals surface area contributed by atoms with Gasteiger partial charge in [0.25, 0.3) is 5.69 Å². The van der Waals surface area contributed by atoms with Gasteiger partial charge in [-0.3, -0.25) is 19.7 Å². The van der Waals surface area contributed by atoms with Crippen LogP contribution in [-0.4, -0.2) is 24.3 Å². The number of esters is 1. The van der Waals surface area contributed by atoms with Gasteiger partial charge in [-0.15, -0.1) is 0 Å². The molecule has 0 unspecified atom stereocenters. The first-order chi connectivity index (χ1) is 7.99. The Morgan fingerprint density at radius 1 is 1.53 bits per heavy atom. The van der Waals surface area contributed by atoms with Gasteiger partial charge in [0, 0.05) is 5.56 Å². The molecule has 6 heteroatoms. The molecule has 0 aliphatic heterocycles. The van der Waals surface area contributed by atoms with Gasteiger partial charge in [-0.1, -0.05) is 0 Å². The van der Waals surface area contributed by atoms with E-state index in [-0.39, 0.29) is 17.7 Å². The number of hydrogen-bond donors (Lipinski definition) is 0. The van der Waals surface area contributed by atoms with Crippen LogP contribution in [0.25, 0.3) is 0 Å². The van der Waals surface area contributed by atoms with Crippen LogP contribution >= 0.6 is 0 Å². The van der Waals surface area contributed by atoms with Crippen LogP contribution in [0.4, 0.5) is 5.69 Å². The lowest BCUT2D eigenvalue weighted by Gasteiger charge is -2.05. The van der Waals surface area contributed by atoms with Crippen molar-refractivity contribution in [2.24, 2.45) is 0 Å². The van der Waals surface area contributed by atoms with Crippen molar-refractivity contribution in [3.05, 3.63) is 38.9 Å². The monoisotopic (exact) mass is 237 g/mol. The number of aldehydes is 1. The molecule has 0 N–H and O–H groups in total. The van der Waals surface area contributed by atoms with Gasteiger partial charge in [0.05, 0.1) is 24.0 Å². The molecule has 0 saturated heterocycles. The van der Waals surface area contributed by atoms with Crippen LogP contribution in [0.2, 0.25) is 0 Å². The summed E-state index contributed by atoms with van der Waals surface area (Å²) in [6.07, 6.45) is 0.391. The fraction of sp³-hybridized carbons (Fsp3) is 0.273. The summed E-state index contributed by atoms with van der Waals surface area (Å²) in [7, 11) is 1.25. The van der Waals surface area contributed by atoms with E-state index in [4.69, 9.17) is 0 Å². The first-order valence-corrected chi connectivity index (χ1v) is 4.79. The Kier molecular flexibility index (Phi) is 3.92. The second-order valence-electron chi connectivity index (χ2n) is 3.48. The van der Waals surface area contributed by atoms with Gasteiger partial charge in [0.15, 0.2) is 6.29 Å². The third-order valence-electron chi connectivity index (χ3n) is 2.28. The maximum Gasteiger partial charge on any atom is 0.309 e. The van der Waals surface area contributed by atoms with E-state index in [0.717, 1.165) is 0 Å². The Morgan fingerprint density at radius 2 is 2.18 bits per heavy atom. The Bertz CT molecular complexity index is 481. The predicted octanol–water partition coefficient (Wildman–Crippen LogP) is 1.43. The predicted molar refractivity (Wildman–Crippen MR) is 58.9 cm³/mol. The zero-order valence-corrected chi connectivity index (χ0v) is 9.43. The summed E-state index contributed by atoms with van der Waals surface area (Å²) in [4.78, 5) is 32.0. The maximum absolute atomic E-state index is 11.1. The van der Waals surface area contributed by atoms with E-state index in [1.165, 1.54) is 26.2 Å². The number of carbonyl (C=O) groups is 2. The Labute approximate surface area is 97.3 Å². The van der Waals surface area contributed by atoms with Crippen molar-refractivity contribution in [1.29, 1.82) is 0 Å². The summed E-state index contributed by atoms with van der Waals surface area (Å²) in [5.74, 6) is -0.463. The second kappa shape index (κ2) is 5.20. The van der Waals surface area contributed by atoms with E-state index in [1.807, 2.05) is 0 Å². The lowest BCUT2D eigenvalue weighted by molar-refractivity contribution is -0.385. The molecular weight excluding hydrogens is 226 g/mol. The van der Waals surface area contributed by atoms with Gasteiger partial charge in [-0.05, 0) is 24.6 Å². The Hall–Kier alpha value is -2.24. The summed E-state index contributed by atoms with van der Waals surface area (Å²) >= 11 is 0. The third-order valence-corrected chi connectivity index (χ3v) is 2.28. The summed E-state index contributed by atoms with van der Waals surface area (Å²) in [6, 6.07) is 2.83. The van der Waals surface area contributed by atoms with Crippen LogP contribution in [0, 0.1) is 17.0 Å². The van der Waals surface area contributed by atoms with Crippen LogP contribution in [0.5, 0.6) is 0 Å². The van der Waals surface area contributed by atoms with E-state index in [9.17, 15) is 19.7 Å². The SMILES string of the molecule is COC(=O)Cc1cc(C)c([N+](=O)[O-])c(C=O)c1. The molecule has 1 aromatic carbocycles. The molecule has 0 amide bonds. The molecule has 6 nitrogen and oxygen atoms in total. The first kappa shape index (κ1) is 12.8. The molecule has 1 aromatic rings. The lowest BCUT2D eigenvalue weighted by atomic mass is 10.0. The largest absolute Gasteiger partial charge is 0.469 e. The number of benzene rings is 1. The minimum atomic E-state index is -0.610. The molecule has 1 rings (SSSR count). The number of carbonyl (C=O) groups excluding carboxylic acids is 2. The molecule has 0 heterocycles. The number of aryl methyl sites for hydroxylation is 1. The highest BCUT2D eigenvalue weighted by Crippen LogP contribution is 2.24. The highest BCUT2D eigenvalue weighted by atomic mass is 16.6. The number of hydrogen-bond acceptors (Lipinski definition) is 5. The van der Waals surface area contributed by atoms with Crippen molar-refractivity contribution in [2.75, 3.05) is 7.11 Å². The standard InChI is InChI=1S/C11H11NO5/c1-7-3-8(5-10(14)17-2)4-9(6-13)11(7)12(15)16/h3-4,6H,5H2,1-2H3. The van der Waals surface area contributed by atoms with Gasteiger partial charge in [-0.2, -0.15) is 0 Å². The van der Waals surface area contributed by atoms with E-state index < -0.39 is 10.9 Å². The molecule has 0 spiro atoms. The molecule has 0 aromatic heterocycles. The van der Waals surface area contributed by atoms with Crippen molar-refractivity contribution in [3.8, 4) is 0 Å². The van der Waals surface area contributed by atoms with Crippen molar-refractivity contribution >= 4 is 17.9 Å². The molecule has 90 valence electrons. The lowest BCUT2D eigenvalue weighted by Crippen LogP contribution is -2.06. The first-order valence-electron chi connectivity index (χ1n) is 4.79. The van der Waals surface area contributed by atoms with Crippen molar-refractivity contribution < 1.29 is 19.2 Å². The highest BCUT2D eigenvalue weighted by molar-refractivity contribution is 5.84. The summed E-state index contributed by atoms with van der Waals surface area (Å²) in [6.45, 7) is 1.52. The smallest absolute Gasteiger partial charge is 0.309 e. The molecule has 0 atom stereocenters. The van der Waals surface area contributed by atoms with E-state index in [0.29, 0.717) is 17.4 Å². The zero-order valence-electron chi connectivity index (χ0n) is 9.43. The molecule has 0 radical (unpaired) electrons. The van der Waals surface area contributed by atoms with Crippen LogP contribution in [-0.2, 0) is 16.0 Å². The minimum Gasteiger partial charge on any atom is -0.469 e. The molecule has 0 bridgehead atoms. The minimum absolute atomic E-state index is 0.0177. The number of nitrogens with zero attached hydrogens (tertiary/aromatic N) is 1. The zero-order chi connectivity index (χ0) is 13.0. The van der Waals surface area contributed by atoms with Crippen molar-refractivity contribution in [2.45, 2.75) is 13.3 Å². The average Bonchev–Trinajstić information content (AvgIpc) is 2.27. The van der Waals surface area contributed by atoms with Gasteiger partial charge >= 0.3 is 5.97 Å². The normalized spacial score (nSPS) is 9.76. The molecule has 0 aliphatic carbocycles. The fourth-order valence-electron chi connectivity index (χ4n) is 1.56. The average molecular weight is 237 g/mol. The molecule has 0 fully saturated rings. The van der Waals surface area contributed by atoms with Gasteiger partial charge in [-0.25, -0.2) is 0 Å².